The highest BCUT2D eigenvalue weighted by Crippen LogP contribution is 2.20. The molecule has 2 aromatic heterocycles. The highest BCUT2D eigenvalue weighted by Gasteiger charge is 2.21. The topological polar surface area (TPSA) is 82.2 Å². The molecule has 0 spiro atoms. The number of carbonyl (C=O) groups is 1. The maximum Gasteiger partial charge on any atom is 0.278 e. The molecule has 0 unspecified atom stereocenters. The van der Waals surface area contributed by atoms with E-state index >= 15 is 0 Å². The fraction of sp³-hybridized carbons (Fsp3) is 0.316. The van der Waals surface area contributed by atoms with Crippen molar-refractivity contribution >= 4 is 11.6 Å². The summed E-state index contributed by atoms with van der Waals surface area (Å²) in [7, 11) is 0. The monoisotopic (exact) mass is 354 g/mol. The van der Waals surface area contributed by atoms with E-state index in [1.165, 1.54) is 0 Å². The van der Waals surface area contributed by atoms with Crippen LogP contribution in [0.4, 0.5) is 5.69 Å². The molecule has 26 heavy (non-hydrogen) atoms. The van der Waals surface area contributed by atoms with Crippen LogP contribution in [0, 0.1) is 20.8 Å². The van der Waals surface area contributed by atoms with E-state index < -0.39 is 0 Å². The Labute approximate surface area is 151 Å². The van der Waals surface area contributed by atoms with Gasteiger partial charge in [0.05, 0.1) is 16.9 Å². The van der Waals surface area contributed by atoms with Crippen LogP contribution in [0.15, 0.2) is 35.0 Å². The van der Waals surface area contributed by atoms with Gasteiger partial charge in [0.15, 0.2) is 5.69 Å². The van der Waals surface area contributed by atoms with Gasteiger partial charge in [0.25, 0.3) is 5.91 Å². The number of nitrogens with zero attached hydrogens (tertiary/aromatic N) is 3. The van der Waals surface area contributed by atoms with Crippen molar-refractivity contribution in [2.75, 3.05) is 5.32 Å². The van der Waals surface area contributed by atoms with Crippen molar-refractivity contribution in [1.82, 2.24) is 14.9 Å². The molecule has 0 aliphatic rings. The number of amides is 1. The summed E-state index contributed by atoms with van der Waals surface area (Å²) in [4.78, 5) is 12.6. The van der Waals surface area contributed by atoms with Crippen LogP contribution in [0.1, 0.15) is 40.0 Å². The number of anilines is 1. The standard InChI is InChI=1S/C19H22N4O3/c1-5-23-10-17(13(3)21-23)20-19(24)18-16(14(4)26-22-18)11-25-15-8-6-12(2)7-9-15/h6-10H,5,11H2,1-4H3,(H,20,24). The SMILES string of the molecule is CCn1cc(NC(=O)c2noc(C)c2COc2ccc(C)cc2)c(C)n1. The highest BCUT2D eigenvalue weighted by atomic mass is 16.5. The summed E-state index contributed by atoms with van der Waals surface area (Å²) in [5, 5.41) is 11.1. The van der Waals surface area contributed by atoms with Crippen molar-refractivity contribution in [1.29, 1.82) is 0 Å². The minimum absolute atomic E-state index is 0.203. The van der Waals surface area contributed by atoms with E-state index in [1.54, 1.807) is 17.8 Å². The predicted molar refractivity (Wildman–Crippen MR) is 97.3 cm³/mol. The Hall–Kier alpha value is -3.09. The van der Waals surface area contributed by atoms with Crippen LogP contribution in [0.2, 0.25) is 0 Å². The molecule has 3 rings (SSSR count). The molecule has 0 saturated heterocycles. The Morgan fingerprint density at radius 3 is 2.62 bits per heavy atom. The quantitative estimate of drug-likeness (QED) is 0.731. The molecule has 0 aliphatic heterocycles. The second kappa shape index (κ2) is 7.43. The van der Waals surface area contributed by atoms with Gasteiger partial charge in [-0.05, 0) is 39.8 Å². The van der Waals surface area contributed by atoms with Crippen molar-refractivity contribution < 1.29 is 14.1 Å². The molecular weight excluding hydrogens is 332 g/mol. The third-order valence-corrected chi connectivity index (χ3v) is 4.12. The summed E-state index contributed by atoms with van der Waals surface area (Å²) in [6.07, 6.45) is 1.79. The minimum Gasteiger partial charge on any atom is -0.489 e. The molecule has 2 heterocycles. The molecule has 0 radical (unpaired) electrons. The second-order valence-electron chi connectivity index (χ2n) is 6.11. The first kappa shape index (κ1) is 17.7. The number of ether oxygens (including phenoxy) is 1. The van der Waals surface area contributed by atoms with Gasteiger partial charge in [0.2, 0.25) is 0 Å². The van der Waals surface area contributed by atoms with E-state index in [4.69, 9.17) is 9.26 Å². The third kappa shape index (κ3) is 3.77. The molecule has 0 atom stereocenters. The maximum atomic E-state index is 12.6. The van der Waals surface area contributed by atoms with E-state index in [0.29, 0.717) is 17.0 Å². The number of hydrogen-bond donors (Lipinski definition) is 1. The van der Waals surface area contributed by atoms with Crippen molar-refractivity contribution in [3.63, 3.8) is 0 Å². The molecule has 3 aromatic rings. The smallest absolute Gasteiger partial charge is 0.278 e. The zero-order chi connectivity index (χ0) is 18.7. The molecule has 7 nitrogen and oxygen atoms in total. The first-order valence-corrected chi connectivity index (χ1v) is 8.48. The fourth-order valence-electron chi connectivity index (χ4n) is 2.51. The molecule has 0 fully saturated rings. The normalized spacial score (nSPS) is 10.8. The van der Waals surface area contributed by atoms with Crippen molar-refractivity contribution in [3.05, 3.63) is 58.7 Å². The Kier molecular flexibility index (Phi) is 5.06. The summed E-state index contributed by atoms with van der Waals surface area (Å²) in [6, 6.07) is 7.72. The van der Waals surface area contributed by atoms with E-state index in [0.717, 1.165) is 23.6 Å². The van der Waals surface area contributed by atoms with E-state index in [9.17, 15) is 4.79 Å². The lowest BCUT2D eigenvalue weighted by atomic mass is 10.2. The zero-order valence-corrected chi connectivity index (χ0v) is 15.4. The van der Waals surface area contributed by atoms with Gasteiger partial charge in [-0.3, -0.25) is 9.48 Å². The predicted octanol–water partition coefficient (Wildman–Crippen LogP) is 3.65. The Morgan fingerprint density at radius 2 is 1.96 bits per heavy atom. The molecule has 1 amide bonds. The number of benzene rings is 1. The largest absolute Gasteiger partial charge is 0.489 e. The summed E-state index contributed by atoms with van der Waals surface area (Å²) in [6.45, 7) is 8.54. The lowest BCUT2D eigenvalue weighted by molar-refractivity contribution is 0.101. The van der Waals surface area contributed by atoms with Gasteiger partial charge in [-0.2, -0.15) is 5.10 Å². The number of aryl methyl sites for hydroxylation is 4. The molecule has 136 valence electrons. The van der Waals surface area contributed by atoms with E-state index in [1.807, 2.05) is 45.0 Å². The van der Waals surface area contributed by atoms with Crippen LogP contribution in [-0.4, -0.2) is 20.8 Å². The first-order chi connectivity index (χ1) is 12.5. The Balaban J connectivity index is 1.74. The maximum absolute atomic E-state index is 12.6. The van der Waals surface area contributed by atoms with Gasteiger partial charge in [0, 0.05) is 12.7 Å². The lowest BCUT2D eigenvalue weighted by Gasteiger charge is -2.07. The molecule has 0 bridgehead atoms. The Bertz CT molecular complexity index is 910. The van der Waals surface area contributed by atoms with Gasteiger partial charge in [-0.1, -0.05) is 22.9 Å². The van der Waals surface area contributed by atoms with Crippen LogP contribution >= 0.6 is 0 Å². The highest BCUT2D eigenvalue weighted by molar-refractivity contribution is 6.04. The van der Waals surface area contributed by atoms with Crippen molar-refractivity contribution in [3.8, 4) is 5.75 Å². The average molecular weight is 354 g/mol. The van der Waals surface area contributed by atoms with Crippen LogP contribution in [0.3, 0.4) is 0 Å². The summed E-state index contributed by atoms with van der Waals surface area (Å²) >= 11 is 0. The van der Waals surface area contributed by atoms with Gasteiger partial charge in [-0.15, -0.1) is 0 Å². The fourth-order valence-corrected chi connectivity index (χ4v) is 2.51. The molecule has 1 N–H and O–H groups in total. The van der Waals surface area contributed by atoms with Crippen molar-refractivity contribution in [2.45, 2.75) is 40.8 Å². The minimum atomic E-state index is -0.344. The third-order valence-electron chi connectivity index (χ3n) is 4.12. The second-order valence-corrected chi connectivity index (χ2v) is 6.11. The number of carbonyl (C=O) groups excluding carboxylic acids is 1. The molecule has 0 aliphatic carbocycles. The zero-order valence-electron chi connectivity index (χ0n) is 15.4. The van der Waals surface area contributed by atoms with Gasteiger partial charge in [-0.25, -0.2) is 0 Å². The van der Waals surface area contributed by atoms with Crippen LogP contribution in [-0.2, 0) is 13.2 Å². The first-order valence-electron chi connectivity index (χ1n) is 8.48. The molecule has 7 heteroatoms. The number of rotatable bonds is 6. The molecule has 0 saturated carbocycles. The summed E-state index contributed by atoms with van der Waals surface area (Å²) < 4.78 is 12.7. The van der Waals surface area contributed by atoms with Crippen LogP contribution in [0.25, 0.3) is 0 Å². The van der Waals surface area contributed by atoms with E-state index in [-0.39, 0.29) is 18.2 Å². The van der Waals surface area contributed by atoms with E-state index in [2.05, 4.69) is 15.6 Å². The van der Waals surface area contributed by atoms with Crippen molar-refractivity contribution in [2.24, 2.45) is 0 Å². The number of hydrogen-bond acceptors (Lipinski definition) is 5. The number of aromatic nitrogens is 3. The number of nitrogens with one attached hydrogen (secondary N) is 1. The van der Waals surface area contributed by atoms with Crippen LogP contribution in [0.5, 0.6) is 5.75 Å². The lowest BCUT2D eigenvalue weighted by Crippen LogP contribution is -2.15. The summed E-state index contributed by atoms with van der Waals surface area (Å²) in [5.41, 5.74) is 3.41. The molecular formula is C19H22N4O3. The van der Waals surface area contributed by atoms with Gasteiger partial charge < -0.3 is 14.6 Å². The van der Waals surface area contributed by atoms with Gasteiger partial charge in [0.1, 0.15) is 18.1 Å². The summed E-state index contributed by atoms with van der Waals surface area (Å²) in [5.74, 6) is 0.939. The molecule has 1 aromatic carbocycles. The van der Waals surface area contributed by atoms with Crippen LogP contribution < -0.4 is 10.1 Å². The van der Waals surface area contributed by atoms with Gasteiger partial charge >= 0.3 is 0 Å². The Morgan fingerprint density at radius 1 is 1.23 bits per heavy atom. The average Bonchev–Trinajstić information content (AvgIpc) is 3.17.